The minimum absolute atomic E-state index is 0.203. The zero-order valence-corrected chi connectivity index (χ0v) is 14.6. The summed E-state index contributed by atoms with van der Waals surface area (Å²) >= 11 is 0. The Balaban J connectivity index is 1.95. The van der Waals surface area contributed by atoms with E-state index in [0.29, 0.717) is 17.9 Å². The molecule has 0 saturated carbocycles. The van der Waals surface area contributed by atoms with Crippen molar-refractivity contribution in [3.63, 3.8) is 0 Å². The first-order valence-corrected chi connectivity index (χ1v) is 8.49. The summed E-state index contributed by atoms with van der Waals surface area (Å²) in [6.45, 7) is 2.37. The highest BCUT2D eigenvalue weighted by molar-refractivity contribution is 5.89. The Labute approximate surface area is 153 Å². The molecule has 1 atom stereocenters. The highest BCUT2D eigenvalue weighted by Gasteiger charge is 2.34. The lowest BCUT2D eigenvalue weighted by molar-refractivity contribution is -0.107. The first kappa shape index (κ1) is 17.7. The third-order valence-corrected chi connectivity index (χ3v) is 4.11. The van der Waals surface area contributed by atoms with Gasteiger partial charge in [0.25, 0.3) is 0 Å². The van der Waals surface area contributed by atoms with Gasteiger partial charge in [-0.2, -0.15) is 0 Å². The topological polar surface area (TPSA) is 49.8 Å². The largest absolute Gasteiger partial charge is 0.508 e. The number of hydrogen-bond acceptors (Lipinski definition) is 4. The van der Waals surface area contributed by atoms with Gasteiger partial charge in [-0.3, -0.25) is 4.79 Å². The van der Waals surface area contributed by atoms with E-state index in [1.807, 2.05) is 67.6 Å². The van der Waals surface area contributed by atoms with Crippen LogP contribution in [0.3, 0.4) is 0 Å². The van der Waals surface area contributed by atoms with E-state index >= 15 is 0 Å². The van der Waals surface area contributed by atoms with Crippen molar-refractivity contribution < 1.29 is 14.7 Å². The molecular formula is C22H21NO3. The molecule has 1 heterocycles. The van der Waals surface area contributed by atoms with Crippen molar-refractivity contribution in [1.29, 1.82) is 0 Å². The maximum atomic E-state index is 11.8. The van der Waals surface area contributed by atoms with Crippen LogP contribution in [0.15, 0.2) is 84.5 Å². The summed E-state index contributed by atoms with van der Waals surface area (Å²) < 4.78 is 0. The fourth-order valence-corrected chi connectivity index (χ4v) is 2.89. The normalized spacial score (nSPS) is 18.0. The number of allylic oxidation sites excluding steroid dienone is 3. The minimum Gasteiger partial charge on any atom is -0.508 e. The Bertz CT molecular complexity index is 853. The first-order valence-electron chi connectivity index (χ1n) is 8.49. The number of aldehydes is 1. The minimum atomic E-state index is -0.304. The predicted octanol–water partition coefficient (Wildman–Crippen LogP) is 4.25. The number of hydrogen-bond donors (Lipinski definition) is 1. The van der Waals surface area contributed by atoms with Crippen molar-refractivity contribution in [2.24, 2.45) is 0 Å². The van der Waals surface area contributed by atoms with Crippen LogP contribution in [0.25, 0.3) is 5.76 Å². The smallest absolute Gasteiger partial charge is 0.163 e. The van der Waals surface area contributed by atoms with Gasteiger partial charge in [-0.15, -0.1) is 5.06 Å². The summed E-state index contributed by atoms with van der Waals surface area (Å²) in [6, 6.07) is 16.3. The lowest BCUT2D eigenvalue weighted by atomic mass is 10.0. The second-order valence-electron chi connectivity index (χ2n) is 5.96. The molecule has 0 bridgehead atoms. The summed E-state index contributed by atoms with van der Waals surface area (Å²) in [6.07, 6.45) is 8.53. The number of phenolic OH excluding ortho intramolecular Hbond substituents is 1. The highest BCUT2D eigenvalue weighted by atomic mass is 16.7. The molecule has 3 rings (SSSR count). The summed E-state index contributed by atoms with van der Waals surface area (Å²) in [5, 5.41) is 11.5. The number of hydroxylamine groups is 2. The SMILES string of the molecule is CC=CC=CC1C(C=O)=C(c2ccccc2)ON1Cc1cccc(O)c1. The zero-order valence-electron chi connectivity index (χ0n) is 14.6. The first-order chi connectivity index (χ1) is 12.7. The summed E-state index contributed by atoms with van der Waals surface area (Å²) in [5.74, 6) is 0.769. The van der Waals surface area contributed by atoms with Crippen LogP contribution in [0.5, 0.6) is 5.75 Å². The molecule has 0 saturated heterocycles. The molecule has 0 radical (unpaired) electrons. The van der Waals surface area contributed by atoms with Crippen molar-refractivity contribution >= 4 is 12.0 Å². The van der Waals surface area contributed by atoms with E-state index in [4.69, 9.17) is 4.84 Å². The number of phenols is 1. The molecule has 1 unspecified atom stereocenters. The maximum absolute atomic E-state index is 11.8. The van der Waals surface area contributed by atoms with E-state index in [2.05, 4.69) is 0 Å². The molecule has 2 aromatic carbocycles. The molecule has 132 valence electrons. The number of benzene rings is 2. The van der Waals surface area contributed by atoms with E-state index in [1.54, 1.807) is 23.3 Å². The molecule has 0 spiro atoms. The quantitative estimate of drug-likeness (QED) is 0.627. The molecule has 1 aliphatic rings. The van der Waals surface area contributed by atoms with Gasteiger partial charge in [0.15, 0.2) is 12.0 Å². The van der Waals surface area contributed by atoms with Crippen LogP contribution in [0, 0.1) is 0 Å². The lowest BCUT2D eigenvalue weighted by Crippen LogP contribution is -2.29. The molecule has 4 heteroatoms. The zero-order chi connectivity index (χ0) is 18.4. The van der Waals surface area contributed by atoms with Gasteiger partial charge < -0.3 is 9.94 Å². The standard InChI is InChI=1S/C22H21NO3/c1-2-3-5-13-21-20(16-24)22(18-10-6-4-7-11-18)26-23(21)15-17-9-8-12-19(25)14-17/h2-14,16,21,25H,15H2,1H3. The van der Waals surface area contributed by atoms with Gasteiger partial charge in [0.1, 0.15) is 5.75 Å². The van der Waals surface area contributed by atoms with Crippen LogP contribution in [0.1, 0.15) is 18.1 Å². The van der Waals surface area contributed by atoms with Gasteiger partial charge in [-0.1, -0.05) is 66.8 Å². The van der Waals surface area contributed by atoms with E-state index in [-0.39, 0.29) is 11.8 Å². The molecule has 0 aromatic heterocycles. The van der Waals surface area contributed by atoms with E-state index < -0.39 is 0 Å². The Morgan fingerprint density at radius 2 is 1.92 bits per heavy atom. The van der Waals surface area contributed by atoms with E-state index in [0.717, 1.165) is 17.4 Å². The molecule has 0 amide bonds. The Hall–Kier alpha value is -3.11. The molecule has 26 heavy (non-hydrogen) atoms. The van der Waals surface area contributed by atoms with Crippen molar-refractivity contribution in [2.45, 2.75) is 19.5 Å². The number of carbonyl (C=O) groups is 1. The van der Waals surface area contributed by atoms with Gasteiger partial charge in [-0.05, 0) is 24.6 Å². The summed E-state index contributed by atoms with van der Waals surface area (Å²) in [5.41, 5.74) is 2.34. The van der Waals surface area contributed by atoms with E-state index in [1.165, 1.54) is 0 Å². The van der Waals surface area contributed by atoms with Crippen LogP contribution in [0.4, 0.5) is 0 Å². The molecule has 1 aliphatic heterocycles. The van der Waals surface area contributed by atoms with Gasteiger partial charge in [0, 0.05) is 5.56 Å². The molecule has 1 N–H and O–H groups in total. The fraction of sp³-hybridized carbons (Fsp3) is 0.136. The van der Waals surface area contributed by atoms with Crippen LogP contribution in [0.2, 0.25) is 0 Å². The lowest BCUT2D eigenvalue weighted by Gasteiger charge is -2.21. The summed E-state index contributed by atoms with van der Waals surface area (Å²) in [4.78, 5) is 17.9. The van der Waals surface area contributed by atoms with E-state index in [9.17, 15) is 9.90 Å². The second kappa shape index (κ2) is 8.32. The van der Waals surface area contributed by atoms with Gasteiger partial charge in [-0.25, -0.2) is 0 Å². The second-order valence-corrected chi connectivity index (χ2v) is 5.96. The van der Waals surface area contributed by atoms with Crippen molar-refractivity contribution in [3.05, 3.63) is 95.6 Å². The molecule has 2 aromatic rings. The van der Waals surface area contributed by atoms with Crippen molar-refractivity contribution in [1.82, 2.24) is 5.06 Å². The molecule has 0 fully saturated rings. The number of nitrogens with zero attached hydrogens (tertiary/aromatic N) is 1. The average molecular weight is 347 g/mol. The van der Waals surface area contributed by atoms with Crippen LogP contribution < -0.4 is 0 Å². The molecule has 4 nitrogen and oxygen atoms in total. The highest BCUT2D eigenvalue weighted by Crippen LogP contribution is 2.34. The number of carbonyl (C=O) groups excluding carboxylic acids is 1. The maximum Gasteiger partial charge on any atom is 0.163 e. The fourth-order valence-electron chi connectivity index (χ4n) is 2.89. The molecular weight excluding hydrogens is 326 g/mol. The average Bonchev–Trinajstić information content (AvgIpc) is 3.00. The summed E-state index contributed by atoms with van der Waals surface area (Å²) in [7, 11) is 0. The van der Waals surface area contributed by atoms with Gasteiger partial charge >= 0.3 is 0 Å². The number of aromatic hydroxyl groups is 1. The number of rotatable bonds is 6. The van der Waals surface area contributed by atoms with Crippen molar-refractivity contribution in [2.75, 3.05) is 0 Å². The van der Waals surface area contributed by atoms with Crippen LogP contribution >= 0.6 is 0 Å². The predicted molar refractivity (Wildman–Crippen MR) is 102 cm³/mol. The van der Waals surface area contributed by atoms with Gasteiger partial charge in [0.05, 0.1) is 18.2 Å². The van der Waals surface area contributed by atoms with Crippen LogP contribution in [-0.4, -0.2) is 22.5 Å². The van der Waals surface area contributed by atoms with Gasteiger partial charge in [0.2, 0.25) is 0 Å². The monoisotopic (exact) mass is 347 g/mol. The Morgan fingerprint density at radius 3 is 2.62 bits per heavy atom. The Morgan fingerprint density at radius 1 is 1.12 bits per heavy atom. The van der Waals surface area contributed by atoms with Crippen molar-refractivity contribution in [3.8, 4) is 5.75 Å². The Kier molecular flexibility index (Phi) is 5.66. The van der Waals surface area contributed by atoms with Crippen LogP contribution in [-0.2, 0) is 16.2 Å². The molecule has 0 aliphatic carbocycles. The third-order valence-electron chi connectivity index (χ3n) is 4.11. The third kappa shape index (κ3) is 3.92.